The average molecular weight is 237 g/mol. The maximum absolute atomic E-state index is 4.36. The molecule has 3 rings (SSSR count). The predicted molar refractivity (Wildman–Crippen MR) is 67.8 cm³/mol. The van der Waals surface area contributed by atoms with E-state index in [9.17, 15) is 0 Å². The molecule has 1 aromatic rings. The zero-order chi connectivity index (χ0) is 10.8. The molecule has 0 spiro atoms. The van der Waals surface area contributed by atoms with Crippen LogP contribution in [-0.2, 0) is 0 Å². The van der Waals surface area contributed by atoms with Crippen molar-refractivity contribution in [2.24, 2.45) is 0 Å². The molecule has 88 valence electrons. The van der Waals surface area contributed by atoms with Crippen LogP contribution in [0.3, 0.4) is 0 Å². The van der Waals surface area contributed by atoms with Crippen LogP contribution in [0.1, 0.15) is 43.5 Å². The maximum atomic E-state index is 4.36. The summed E-state index contributed by atoms with van der Waals surface area (Å²) in [6, 6.07) is 1.23. The third kappa shape index (κ3) is 2.00. The Kier molecular flexibility index (Phi) is 3.20. The second-order valence-corrected chi connectivity index (χ2v) is 5.90. The molecule has 4 heteroatoms. The number of hydrogen-bond donors (Lipinski definition) is 1. The van der Waals surface area contributed by atoms with Crippen molar-refractivity contribution in [3.8, 4) is 0 Å². The van der Waals surface area contributed by atoms with Gasteiger partial charge < -0.3 is 9.88 Å². The van der Waals surface area contributed by atoms with Gasteiger partial charge in [-0.15, -0.1) is 0 Å². The topological polar surface area (TPSA) is 29.9 Å². The van der Waals surface area contributed by atoms with Crippen LogP contribution in [0, 0.1) is 0 Å². The van der Waals surface area contributed by atoms with Gasteiger partial charge in [-0.2, -0.15) is 11.8 Å². The largest absolute Gasteiger partial charge is 0.329 e. The number of nitrogens with zero attached hydrogens (tertiary/aromatic N) is 2. The van der Waals surface area contributed by atoms with Gasteiger partial charge in [-0.3, -0.25) is 0 Å². The Hall–Kier alpha value is -0.480. The Morgan fingerprint density at radius 3 is 3.12 bits per heavy atom. The second-order valence-electron chi connectivity index (χ2n) is 4.75. The third-order valence-corrected chi connectivity index (χ3v) is 4.84. The Morgan fingerprint density at radius 1 is 1.38 bits per heavy atom. The molecule has 0 radical (unpaired) electrons. The molecule has 2 saturated heterocycles. The molecule has 2 aliphatic heterocycles. The third-order valence-electron chi connectivity index (χ3n) is 3.64. The summed E-state index contributed by atoms with van der Waals surface area (Å²) in [4.78, 5) is 4.36. The van der Waals surface area contributed by atoms with Gasteiger partial charge in [-0.25, -0.2) is 4.98 Å². The lowest BCUT2D eigenvalue weighted by atomic mass is 10.1. The van der Waals surface area contributed by atoms with Gasteiger partial charge in [0, 0.05) is 24.0 Å². The van der Waals surface area contributed by atoms with Crippen LogP contribution in [0.5, 0.6) is 0 Å². The zero-order valence-corrected chi connectivity index (χ0v) is 10.4. The molecule has 3 heterocycles. The predicted octanol–water partition coefficient (Wildman–Crippen LogP) is 2.38. The van der Waals surface area contributed by atoms with E-state index in [2.05, 4.69) is 32.8 Å². The van der Waals surface area contributed by atoms with Crippen LogP contribution in [-0.4, -0.2) is 27.6 Å². The van der Waals surface area contributed by atoms with Crippen molar-refractivity contribution in [3.05, 3.63) is 18.2 Å². The lowest BCUT2D eigenvalue weighted by molar-refractivity contribution is 0.460. The average Bonchev–Trinajstić information content (AvgIpc) is 3.01. The minimum absolute atomic E-state index is 0.550. The first kappa shape index (κ1) is 10.7. The highest BCUT2D eigenvalue weighted by atomic mass is 32.2. The maximum Gasteiger partial charge on any atom is 0.0951 e. The van der Waals surface area contributed by atoms with E-state index in [1.54, 1.807) is 0 Å². The lowest BCUT2D eigenvalue weighted by Gasteiger charge is -2.26. The van der Waals surface area contributed by atoms with Crippen molar-refractivity contribution in [3.63, 3.8) is 0 Å². The molecular formula is C12H19N3S. The summed E-state index contributed by atoms with van der Waals surface area (Å²) >= 11 is 2.08. The standard InChI is InChI=1S/C12H19N3S/c1-4-11(14-5-1)12-7-13-9-15(12)10-3-2-6-16-8-10/h7,9-11,14H,1-6,8H2/t10?,11-/m0/s1. The fourth-order valence-electron chi connectivity index (χ4n) is 2.77. The van der Waals surface area contributed by atoms with Gasteiger partial charge in [0.2, 0.25) is 0 Å². The Morgan fingerprint density at radius 2 is 2.38 bits per heavy atom. The molecule has 0 bridgehead atoms. The SMILES string of the molecule is c1ncn(C2CCCSC2)c1[C@@H]1CCCN1. The molecule has 3 nitrogen and oxygen atoms in total. The Bertz CT molecular complexity index is 338. The summed E-state index contributed by atoms with van der Waals surface area (Å²) in [5, 5.41) is 3.57. The number of hydrogen-bond acceptors (Lipinski definition) is 3. The fraction of sp³-hybridized carbons (Fsp3) is 0.750. The number of aromatic nitrogens is 2. The van der Waals surface area contributed by atoms with E-state index in [0.717, 1.165) is 6.54 Å². The Balaban J connectivity index is 1.80. The number of nitrogens with one attached hydrogen (secondary N) is 1. The molecule has 16 heavy (non-hydrogen) atoms. The molecule has 0 aliphatic carbocycles. The van der Waals surface area contributed by atoms with Crippen molar-refractivity contribution < 1.29 is 0 Å². The van der Waals surface area contributed by atoms with Gasteiger partial charge in [0.25, 0.3) is 0 Å². The van der Waals surface area contributed by atoms with E-state index in [0.29, 0.717) is 12.1 Å². The lowest BCUT2D eigenvalue weighted by Crippen LogP contribution is -2.22. The van der Waals surface area contributed by atoms with Crippen molar-refractivity contribution >= 4 is 11.8 Å². The molecular weight excluding hydrogens is 218 g/mol. The summed E-state index contributed by atoms with van der Waals surface area (Å²) in [5.74, 6) is 2.60. The first-order chi connectivity index (χ1) is 7.95. The quantitative estimate of drug-likeness (QED) is 0.856. The van der Waals surface area contributed by atoms with Gasteiger partial charge >= 0.3 is 0 Å². The van der Waals surface area contributed by atoms with Crippen LogP contribution in [0.4, 0.5) is 0 Å². The van der Waals surface area contributed by atoms with Crippen LogP contribution in [0.15, 0.2) is 12.5 Å². The first-order valence-electron chi connectivity index (χ1n) is 6.28. The molecule has 1 N–H and O–H groups in total. The highest BCUT2D eigenvalue weighted by Gasteiger charge is 2.24. The summed E-state index contributed by atoms with van der Waals surface area (Å²) < 4.78 is 2.43. The molecule has 2 atom stereocenters. The van der Waals surface area contributed by atoms with E-state index in [1.165, 1.54) is 42.9 Å². The molecule has 0 aromatic carbocycles. The van der Waals surface area contributed by atoms with Gasteiger partial charge in [0.1, 0.15) is 0 Å². The van der Waals surface area contributed by atoms with Crippen LogP contribution in [0.25, 0.3) is 0 Å². The van der Waals surface area contributed by atoms with E-state index in [4.69, 9.17) is 0 Å². The first-order valence-corrected chi connectivity index (χ1v) is 7.43. The van der Waals surface area contributed by atoms with E-state index < -0.39 is 0 Å². The van der Waals surface area contributed by atoms with E-state index >= 15 is 0 Å². The Labute approximate surface area is 101 Å². The molecule has 1 aromatic heterocycles. The normalized spacial score (nSPS) is 30.8. The van der Waals surface area contributed by atoms with Crippen molar-refractivity contribution in [1.82, 2.24) is 14.9 Å². The van der Waals surface area contributed by atoms with Crippen molar-refractivity contribution in [2.45, 2.75) is 37.8 Å². The van der Waals surface area contributed by atoms with E-state index in [-0.39, 0.29) is 0 Å². The molecule has 1 unspecified atom stereocenters. The number of imidazole rings is 1. The minimum Gasteiger partial charge on any atom is -0.329 e. The van der Waals surface area contributed by atoms with Gasteiger partial charge in [-0.1, -0.05) is 0 Å². The molecule has 2 aliphatic rings. The fourth-order valence-corrected chi connectivity index (χ4v) is 3.91. The van der Waals surface area contributed by atoms with Crippen LogP contribution >= 0.6 is 11.8 Å². The number of thioether (sulfide) groups is 1. The summed E-state index contributed by atoms with van der Waals surface area (Å²) in [6.45, 7) is 1.16. The van der Waals surface area contributed by atoms with Gasteiger partial charge in [0.05, 0.1) is 12.0 Å². The van der Waals surface area contributed by atoms with Crippen LogP contribution in [0.2, 0.25) is 0 Å². The van der Waals surface area contributed by atoms with E-state index in [1.807, 2.05) is 6.33 Å². The molecule has 0 saturated carbocycles. The molecule has 2 fully saturated rings. The smallest absolute Gasteiger partial charge is 0.0951 e. The highest BCUT2D eigenvalue weighted by molar-refractivity contribution is 7.99. The summed E-state index contributed by atoms with van der Waals surface area (Å²) in [5.41, 5.74) is 1.41. The van der Waals surface area contributed by atoms with Gasteiger partial charge in [-0.05, 0) is 38.0 Å². The van der Waals surface area contributed by atoms with Gasteiger partial charge in [0.15, 0.2) is 0 Å². The monoisotopic (exact) mass is 237 g/mol. The number of rotatable bonds is 2. The second kappa shape index (κ2) is 4.80. The zero-order valence-electron chi connectivity index (χ0n) is 9.56. The minimum atomic E-state index is 0.550. The summed E-state index contributed by atoms with van der Waals surface area (Å²) in [6.07, 6.45) is 9.34. The highest BCUT2D eigenvalue weighted by Crippen LogP contribution is 2.31. The summed E-state index contributed by atoms with van der Waals surface area (Å²) in [7, 11) is 0. The van der Waals surface area contributed by atoms with Crippen molar-refractivity contribution in [2.75, 3.05) is 18.1 Å². The van der Waals surface area contributed by atoms with Crippen LogP contribution < -0.4 is 5.32 Å². The molecule has 0 amide bonds. The van der Waals surface area contributed by atoms with Crippen molar-refractivity contribution in [1.29, 1.82) is 0 Å².